The van der Waals surface area contributed by atoms with Gasteiger partial charge in [-0.05, 0) is 31.2 Å². The Bertz CT molecular complexity index is 524. The van der Waals surface area contributed by atoms with Crippen molar-refractivity contribution in [3.05, 3.63) is 60.4 Å². The second-order valence-electron chi connectivity index (χ2n) is 3.46. The lowest BCUT2D eigenvalue weighted by Crippen LogP contribution is -2.02. The van der Waals surface area contributed by atoms with Crippen LogP contribution in [0.25, 0.3) is 0 Å². The molecule has 18 heavy (non-hydrogen) atoms. The molecule has 1 aromatic carbocycles. The zero-order valence-electron chi connectivity index (χ0n) is 10.3. The Morgan fingerprint density at radius 3 is 1.89 bits per heavy atom. The molecule has 96 valence electrons. The van der Waals surface area contributed by atoms with Gasteiger partial charge >= 0.3 is 0 Å². The number of hydrogen-bond donors (Lipinski definition) is 0. The van der Waals surface area contributed by atoms with E-state index in [0.717, 1.165) is 12.7 Å². The molecule has 0 aliphatic carbocycles. The van der Waals surface area contributed by atoms with Gasteiger partial charge in [0.1, 0.15) is 0 Å². The largest absolute Gasteiger partial charge is 0.296 e. The third kappa shape index (κ3) is 4.65. The van der Waals surface area contributed by atoms with Gasteiger partial charge in [-0.15, -0.1) is 0 Å². The number of aromatic nitrogens is 1. The maximum Gasteiger partial charge on any atom is 0.296 e. The number of rotatable bonds is 2. The van der Waals surface area contributed by atoms with E-state index in [9.17, 15) is 8.42 Å². The smallest absolute Gasteiger partial charge is 0.270 e. The van der Waals surface area contributed by atoms with E-state index in [1.807, 2.05) is 25.1 Å². The van der Waals surface area contributed by atoms with Crippen molar-refractivity contribution in [2.45, 2.75) is 11.8 Å². The van der Waals surface area contributed by atoms with Gasteiger partial charge in [-0.25, -0.2) is 0 Å². The fraction of sp³-hybridized carbons (Fsp3) is 0.154. The summed E-state index contributed by atoms with van der Waals surface area (Å²) in [6.07, 6.45) is 3.50. The standard InChI is InChI=1S/C8H10O3S.C5H5N/c1-7-3-5-8(6-4-7)12(9,10)11-2;1-2-4-6-5-3-1/h3-6H,1-2H3;1-5H. The van der Waals surface area contributed by atoms with Gasteiger partial charge < -0.3 is 0 Å². The average molecular weight is 265 g/mol. The average Bonchev–Trinajstić information content (AvgIpc) is 2.42. The van der Waals surface area contributed by atoms with Crippen LogP contribution in [0.3, 0.4) is 0 Å². The molecule has 4 nitrogen and oxygen atoms in total. The number of benzene rings is 1. The number of pyridine rings is 1. The summed E-state index contributed by atoms with van der Waals surface area (Å²) >= 11 is 0. The third-order valence-electron chi connectivity index (χ3n) is 2.10. The molecule has 2 rings (SSSR count). The van der Waals surface area contributed by atoms with Crippen LogP contribution in [-0.4, -0.2) is 20.5 Å². The highest BCUT2D eigenvalue weighted by atomic mass is 32.2. The van der Waals surface area contributed by atoms with Gasteiger partial charge in [0.25, 0.3) is 10.1 Å². The highest BCUT2D eigenvalue weighted by molar-refractivity contribution is 7.86. The van der Waals surface area contributed by atoms with Gasteiger partial charge in [-0.2, -0.15) is 8.42 Å². The molecule has 2 aromatic rings. The van der Waals surface area contributed by atoms with Gasteiger partial charge in [0.05, 0.1) is 12.0 Å². The predicted molar refractivity (Wildman–Crippen MR) is 69.6 cm³/mol. The fourth-order valence-electron chi connectivity index (χ4n) is 1.11. The summed E-state index contributed by atoms with van der Waals surface area (Å²) in [5, 5.41) is 0. The summed E-state index contributed by atoms with van der Waals surface area (Å²) in [6, 6.07) is 12.2. The molecule has 0 aliphatic rings. The Morgan fingerprint density at radius 1 is 1.00 bits per heavy atom. The lowest BCUT2D eigenvalue weighted by Gasteiger charge is -2.00. The molecule has 0 aliphatic heterocycles. The summed E-state index contributed by atoms with van der Waals surface area (Å²) < 4.78 is 26.5. The predicted octanol–water partition coefficient (Wildman–Crippen LogP) is 2.41. The van der Waals surface area contributed by atoms with Crippen LogP contribution in [0.1, 0.15) is 5.56 Å². The van der Waals surface area contributed by atoms with E-state index in [2.05, 4.69) is 9.17 Å². The van der Waals surface area contributed by atoms with E-state index in [1.54, 1.807) is 24.5 Å². The summed E-state index contributed by atoms with van der Waals surface area (Å²) in [5.41, 5.74) is 1.02. The third-order valence-corrected chi connectivity index (χ3v) is 3.38. The maximum absolute atomic E-state index is 11.1. The zero-order chi connectivity index (χ0) is 13.4. The molecule has 0 saturated carbocycles. The minimum atomic E-state index is -3.51. The molecule has 0 saturated heterocycles. The van der Waals surface area contributed by atoms with Crippen molar-refractivity contribution in [3.8, 4) is 0 Å². The minimum absolute atomic E-state index is 0.190. The van der Waals surface area contributed by atoms with Gasteiger partial charge in [0.2, 0.25) is 0 Å². The highest BCUT2D eigenvalue weighted by Gasteiger charge is 2.10. The van der Waals surface area contributed by atoms with Crippen molar-refractivity contribution in [2.24, 2.45) is 0 Å². The first-order chi connectivity index (χ1) is 8.56. The topological polar surface area (TPSA) is 56.3 Å². The normalized spacial score (nSPS) is 10.3. The quantitative estimate of drug-likeness (QED) is 0.782. The Hall–Kier alpha value is -1.72. The van der Waals surface area contributed by atoms with Gasteiger partial charge in [-0.3, -0.25) is 9.17 Å². The lowest BCUT2D eigenvalue weighted by molar-refractivity contribution is 0.398. The number of hydrogen-bond acceptors (Lipinski definition) is 4. The molecule has 0 unspecified atom stereocenters. The van der Waals surface area contributed by atoms with E-state index in [4.69, 9.17) is 0 Å². The molecule has 1 aromatic heterocycles. The number of aryl methyl sites for hydroxylation is 1. The van der Waals surface area contributed by atoms with Crippen molar-refractivity contribution in [1.82, 2.24) is 4.98 Å². The van der Waals surface area contributed by atoms with Crippen LogP contribution in [0.2, 0.25) is 0 Å². The van der Waals surface area contributed by atoms with E-state index in [-0.39, 0.29) is 4.90 Å². The summed E-state index contributed by atoms with van der Waals surface area (Å²) in [6.45, 7) is 1.89. The number of nitrogens with zero attached hydrogens (tertiary/aromatic N) is 1. The first kappa shape index (κ1) is 14.3. The van der Waals surface area contributed by atoms with Crippen LogP contribution in [-0.2, 0) is 14.3 Å². The van der Waals surface area contributed by atoms with Crippen molar-refractivity contribution in [1.29, 1.82) is 0 Å². The van der Waals surface area contributed by atoms with Crippen molar-refractivity contribution in [2.75, 3.05) is 7.11 Å². The molecule has 0 bridgehead atoms. The van der Waals surface area contributed by atoms with Crippen LogP contribution in [0.5, 0.6) is 0 Å². The Labute approximate surface area is 107 Å². The molecular weight excluding hydrogens is 250 g/mol. The molecule has 0 atom stereocenters. The second-order valence-corrected chi connectivity index (χ2v) is 5.17. The molecule has 5 heteroatoms. The molecule has 0 amide bonds. The molecular formula is C13H15NO3S. The highest BCUT2D eigenvalue weighted by Crippen LogP contribution is 2.11. The molecule has 0 N–H and O–H groups in total. The maximum atomic E-state index is 11.1. The van der Waals surface area contributed by atoms with Crippen LogP contribution < -0.4 is 0 Å². The molecule has 0 spiro atoms. The summed E-state index contributed by atoms with van der Waals surface area (Å²) in [5.74, 6) is 0. The van der Waals surface area contributed by atoms with E-state index in [1.165, 1.54) is 12.1 Å². The summed E-state index contributed by atoms with van der Waals surface area (Å²) in [7, 11) is -2.37. The lowest BCUT2D eigenvalue weighted by atomic mass is 10.2. The Morgan fingerprint density at radius 2 is 1.56 bits per heavy atom. The van der Waals surface area contributed by atoms with Gasteiger partial charge in [-0.1, -0.05) is 23.8 Å². The van der Waals surface area contributed by atoms with Gasteiger partial charge in [0.15, 0.2) is 0 Å². The second kappa shape index (κ2) is 6.88. The van der Waals surface area contributed by atoms with E-state index in [0.29, 0.717) is 0 Å². The van der Waals surface area contributed by atoms with E-state index < -0.39 is 10.1 Å². The monoisotopic (exact) mass is 265 g/mol. The molecule has 1 heterocycles. The Balaban J connectivity index is 0.000000225. The van der Waals surface area contributed by atoms with Crippen LogP contribution in [0, 0.1) is 6.92 Å². The van der Waals surface area contributed by atoms with Crippen molar-refractivity contribution in [3.63, 3.8) is 0 Å². The van der Waals surface area contributed by atoms with Gasteiger partial charge in [0, 0.05) is 12.4 Å². The first-order valence-corrected chi connectivity index (χ1v) is 6.69. The van der Waals surface area contributed by atoms with E-state index >= 15 is 0 Å². The summed E-state index contributed by atoms with van der Waals surface area (Å²) in [4.78, 5) is 3.98. The van der Waals surface area contributed by atoms with Crippen molar-refractivity contribution < 1.29 is 12.6 Å². The Kier molecular flexibility index (Phi) is 5.48. The molecule has 0 radical (unpaired) electrons. The molecule has 0 fully saturated rings. The van der Waals surface area contributed by atoms with Crippen LogP contribution in [0.15, 0.2) is 59.8 Å². The van der Waals surface area contributed by atoms with Crippen LogP contribution >= 0.6 is 0 Å². The minimum Gasteiger partial charge on any atom is -0.270 e. The fourth-order valence-corrected chi connectivity index (χ4v) is 1.78. The van der Waals surface area contributed by atoms with Crippen LogP contribution in [0.4, 0.5) is 0 Å². The van der Waals surface area contributed by atoms with Crippen molar-refractivity contribution >= 4 is 10.1 Å². The zero-order valence-corrected chi connectivity index (χ0v) is 11.1. The first-order valence-electron chi connectivity index (χ1n) is 5.28. The SMILES string of the molecule is COS(=O)(=O)c1ccc(C)cc1.c1ccncc1.